The summed E-state index contributed by atoms with van der Waals surface area (Å²) in [4.78, 5) is 0. The topological polar surface area (TPSA) is 12.0 Å². The highest BCUT2D eigenvalue weighted by Gasteiger charge is 2.18. The van der Waals surface area contributed by atoms with Gasteiger partial charge in [0.2, 0.25) is 0 Å². The van der Waals surface area contributed by atoms with E-state index in [0.717, 1.165) is 25.8 Å². The minimum atomic E-state index is -0.441. The molecule has 1 aromatic carbocycles. The first kappa shape index (κ1) is 17.1. The van der Waals surface area contributed by atoms with Crippen LogP contribution < -0.4 is 5.32 Å². The zero-order chi connectivity index (χ0) is 15.2. The molecule has 0 aliphatic heterocycles. The van der Waals surface area contributed by atoms with Crippen LogP contribution in [-0.4, -0.2) is 12.6 Å². The van der Waals surface area contributed by atoms with Gasteiger partial charge >= 0.3 is 0 Å². The summed E-state index contributed by atoms with van der Waals surface area (Å²) in [7, 11) is 0. The van der Waals surface area contributed by atoms with Gasteiger partial charge in [-0.1, -0.05) is 33.8 Å². The SMILES string of the molecule is CCCNC(CCC(C)(C)C)Cc1c(F)cccc1F. The zero-order valence-electron chi connectivity index (χ0n) is 13.1. The molecule has 0 bridgehead atoms. The molecule has 1 aromatic rings. The van der Waals surface area contributed by atoms with Crippen LogP contribution in [0.15, 0.2) is 18.2 Å². The Bertz CT molecular complexity index is 390. The van der Waals surface area contributed by atoms with Gasteiger partial charge in [0.1, 0.15) is 11.6 Å². The smallest absolute Gasteiger partial charge is 0.129 e. The van der Waals surface area contributed by atoms with Gasteiger partial charge in [-0.05, 0) is 49.8 Å². The molecule has 1 N–H and O–H groups in total. The lowest BCUT2D eigenvalue weighted by atomic mass is 9.87. The van der Waals surface area contributed by atoms with Crippen molar-refractivity contribution in [3.8, 4) is 0 Å². The van der Waals surface area contributed by atoms with Crippen LogP contribution in [0.1, 0.15) is 52.5 Å². The van der Waals surface area contributed by atoms with Gasteiger partial charge in [-0.2, -0.15) is 0 Å². The first-order chi connectivity index (χ1) is 9.33. The second kappa shape index (κ2) is 7.72. The van der Waals surface area contributed by atoms with E-state index in [1.807, 2.05) is 0 Å². The molecule has 3 heteroatoms. The van der Waals surface area contributed by atoms with Crippen LogP contribution in [0, 0.1) is 17.0 Å². The Labute approximate surface area is 121 Å². The van der Waals surface area contributed by atoms with E-state index in [2.05, 4.69) is 33.0 Å². The van der Waals surface area contributed by atoms with Crippen molar-refractivity contribution in [2.75, 3.05) is 6.54 Å². The molecule has 0 aromatic heterocycles. The van der Waals surface area contributed by atoms with Crippen molar-refractivity contribution in [2.45, 2.75) is 59.4 Å². The zero-order valence-corrected chi connectivity index (χ0v) is 13.1. The van der Waals surface area contributed by atoms with E-state index in [1.54, 1.807) is 0 Å². The van der Waals surface area contributed by atoms with Crippen LogP contribution >= 0.6 is 0 Å². The first-order valence-electron chi connectivity index (χ1n) is 7.49. The van der Waals surface area contributed by atoms with Gasteiger partial charge in [-0.25, -0.2) is 8.78 Å². The minimum Gasteiger partial charge on any atom is -0.314 e. The van der Waals surface area contributed by atoms with E-state index in [9.17, 15) is 8.78 Å². The van der Waals surface area contributed by atoms with Crippen molar-refractivity contribution in [1.82, 2.24) is 5.32 Å². The Hall–Kier alpha value is -0.960. The Morgan fingerprint density at radius 2 is 1.75 bits per heavy atom. The molecule has 1 nitrogen and oxygen atoms in total. The second-order valence-electron chi connectivity index (χ2n) is 6.65. The number of halogens is 2. The summed E-state index contributed by atoms with van der Waals surface area (Å²) >= 11 is 0. The second-order valence-corrected chi connectivity index (χ2v) is 6.65. The molecule has 0 amide bonds. The van der Waals surface area contributed by atoms with Gasteiger partial charge < -0.3 is 5.32 Å². The molecule has 0 spiro atoms. The van der Waals surface area contributed by atoms with Gasteiger partial charge in [0.15, 0.2) is 0 Å². The third-order valence-corrected chi connectivity index (χ3v) is 3.44. The largest absolute Gasteiger partial charge is 0.314 e. The molecule has 0 aliphatic carbocycles. The molecule has 1 atom stereocenters. The van der Waals surface area contributed by atoms with E-state index in [4.69, 9.17) is 0 Å². The third-order valence-electron chi connectivity index (χ3n) is 3.44. The van der Waals surface area contributed by atoms with Crippen molar-refractivity contribution >= 4 is 0 Å². The van der Waals surface area contributed by atoms with Gasteiger partial charge in [-0.15, -0.1) is 0 Å². The summed E-state index contributed by atoms with van der Waals surface area (Å²) in [6.45, 7) is 9.54. The monoisotopic (exact) mass is 283 g/mol. The Morgan fingerprint density at radius 3 is 2.25 bits per heavy atom. The number of nitrogens with one attached hydrogen (secondary N) is 1. The molecule has 0 saturated heterocycles. The van der Waals surface area contributed by atoms with Gasteiger partial charge in [0.25, 0.3) is 0 Å². The predicted octanol–water partition coefficient (Wildman–Crippen LogP) is 4.70. The number of rotatable bonds is 7. The lowest BCUT2D eigenvalue weighted by Gasteiger charge is -2.24. The van der Waals surface area contributed by atoms with Crippen LogP contribution in [0.3, 0.4) is 0 Å². The first-order valence-corrected chi connectivity index (χ1v) is 7.49. The average Bonchev–Trinajstić information content (AvgIpc) is 2.35. The number of benzene rings is 1. The maximum Gasteiger partial charge on any atom is 0.129 e. The molecule has 0 fully saturated rings. The molecular weight excluding hydrogens is 256 g/mol. The van der Waals surface area contributed by atoms with Crippen molar-refractivity contribution in [3.05, 3.63) is 35.4 Å². The summed E-state index contributed by atoms with van der Waals surface area (Å²) in [5, 5.41) is 3.41. The van der Waals surface area contributed by atoms with E-state index in [-0.39, 0.29) is 17.0 Å². The molecule has 20 heavy (non-hydrogen) atoms. The Balaban J connectivity index is 2.73. The number of hydrogen-bond donors (Lipinski definition) is 1. The fourth-order valence-corrected chi connectivity index (χ4v) is 2.21. The van der Waals surface area contributed by atoms with Crippen molar-refractivity contribution in [1.29, 1.82) is 0 Å². The lowest BCUT2D eigenvalue weighted by Crippen LogP contribution is -2.33. The fraction of sp³-hybridized carbons (Fsp3) is 0.647. The molecular formula is C17H27F2N. The minimum absolute atomic E-state index is 0.126. The van der Waals surface area contributed by atoms with Gasteiger partial charge in [-0.3, -0.25) is 0 Å². The Morgan fingerprint density at radius 1 is 1.15 bits per heavy atom. The van der Waals surface area contributed by atoms with E-state index < -0.39 is 11.6 Å². The average molecular weight is 283 g/mol. The van der Waals surface area contributed by atoms with Crippen molar-refractivity contribution in [2.24, 2.45) is 5.41 Å². The summed E-state index contributed by atoms with van der Waals surface area (Å²) < 4.78 is 27.5. The molecule has 1 unspecified atom stereocenters. The highest BCUT2D eigenvalue weighted by molar-refractivity contribution is 5.20. The highest BCUT2D eigenvalue weighted by Crippen LogP contribution is 2.23. The molecule has 0 saturated carbocycles. The Kier molecular flexibility index (Phi) is 6.60. The quantitative estimate of drug-likeness (QED) is 0.764. The predicted molar refractivity (Wildman–Crippen MR) is 80.8 cm³/mol. The van der Waals surface area contributed by atoms with Crippen LogP contribution in [-0.2, 0) is 6.42 Å². The lowest BCUT2D eigenvalue weighted by molar-refractivity contribution is 0.326. The van der Waals surface area contributed by atoms with Crippen LogP contribution in [0.5, 0.6) is 0 Å². The van der Waals surface area contributed by atoms with E-state index >= 15 is 0 Å². The molecule has 114 valence electrons. The van der Waals surface area contributed by atoms with E-state index in [1.165, 1.54) is 18.2 Å². The summed E-state index contributed by atoms with van der Waals surface area (Å²) in [6.07, 6.45) is 3.39. The number of hydrogen-bond acceptors (Lipinski definition) is 1. The highest BCUT2D eigenvalue weighted by atomic mass is 19.1. The van der Waals surface area contributed by atoms with Crippen LogP contribution in [0.25, 0.3) is 0 Å². The normalized spacial score (nSPS) is 13.5. The summed E-state index contributed by atoms with van der Waals surface area (Å²) in [5.41, 5.74) is 0.440. The maximum absolute atomic E-state index is 13.7. The van der Waals surface area contributed by atoms with Gasteiger partial charge in [0.05, 0.1) is 0 Å². The summed E-state index contributed by atoms with van der Waals surface area (Å²) in [5.74, 6) is -0.881. The maximum atomic E-state index is 13.7. The standard InChI is InChI=1S/C17H27F2N/c1-5-11-20-13(9-10-17(2,3)4)12-14-15(18)7-6-8-16(14)19/h6-8,13,20H,5,9-12H2,1-4H3. The van der Waals surface area contributed by atoms with E-state index in [0.29, 0.717) is 6.42 Å². The molecule has 1 rings (SSSR count). The van der Waals surface area contributed by atoms with Crippen LogP contribution in [0.4, 0.5) is 8.78 Å². The van der Waals surface area contributed by atoms with Crippen LogP contribution in [0.2, 0.25) is 0 Å². The van der Waals surface area contributed by atoms with Gasteiger partial charge in [0, 0.05) is 11.6 Å². The summed E-state index contributed by atoms with van der Waals surface area (Å²) in [6, 6.07) is 4.20. The van der Waals surface area contributed by atoms with Crippen molar-refractivity contribution < 1.29 is 8.78 Å². The molecule has 0 radical (unpaired) electrons. The fourth-order valence-electron chi connectivity index (χ4n) is 2.21. The molecule has 0 aliphatic rings. The van der Waals surface area contributed by atoms with Crippen molar-refractivity contribution in [3.63, 3.8) is 0 Å². The third kappa shape index (κ3) is 6.00. The molecule has 0 heterocycles.